The number of aromatic nitrogens is 4. The van der Waals surface area contributed by atoms with Gasteiger partial charge in [0, 0.05) is 50.0 Å². The lowest BCUT2D eigenvalue weighted by Gasteiger charge is -2.22. The summed E-state index contributed by atoms with van der Waals surface area (Å²) in [6.07, 6.45) is 5.50. The summed E-state index contributed by atoms with van der Waals surface area (Å²) >= 11 is 3.53. The molecule has 3 rings (SSSR count). The van der Waals surface area contributed by atoms with Crippen LogP contribution in [0.1, 0.15) is 37.1 Å². The second-order valence-electron chi connectivity index (χ2n) is 6.43. The van der Waals surface area contributed by atoms with Crippen LogP contribution in [0.5, 0.6) is 0 Å². The number of halogens is 1. The van der Waals surface area contributed by atoms with Gasteiger partial charge in [0.15, 0.2) is 11.8 Å². The van der Waals surface area contributed by atoms with E-state index in [9.17, 15) is 0 Å². The first kappa shape index (κ1) is 18.0. The lowest BCUT2D eigenvalue weighted by atomic mass is 10.2. The predicted octanol–water partition coefficient (Wildman–Crippen LogP) is 2.31. The van der Waals surface area contributed by atoms with E-state index in [1.807, 2.05) is 0 Å². The quantitative estimate of drug-likeness (QED) is 0.609. The Morgan fingerprint density at radius 1 is 1.40 bits per heavy atom. The largest absolute Gasteiger partial charge is 0.357 e. The molecule has 25 heavy (non-hydrogen) atoms. The van der Waals surface area contributed by atoms with Crippen molar-refractivity contribution in [3.05, 3.63) is 34.1 Å². The van der Waals surface area contributed by atoms with Gasteiger partial charge in [-0.1, -0.05) is 0 Å². The Morgan fingerprint density at radius 2 is 2.24 bits per heavy atom. The van der Waals surface area contributed by atoms with Crippen LogP contribution in [0.2, 0.25) is 0 Å². The summed E-state index contributed by atoms with van der Waals surface area (Å²) in [4.78, 5) is 6.92. The Kier molecular flexibility index (Phi) is 5.78. The van der Waals surface area contributed by atoms with Gasteiger partial charge in [0.05, 0.1) is 6.54 Å². The molecule has 2 aromatic heterocycles. The van der Waals surface area contributed by atoms with E-state index in [0.717, 1.165) is 48.1 Å². The van der Waals surface area contributed by atoms with E-state index in [2.05, 4.69) is 78.8 Å². The molecule has 2 aromatic rings. The molecule has 0 saturated carbocycles. The van der Waals surface area contributed by atoms with E-state index < -0.39 is 0 Å². The van der Waals surface area contributed by atoms with Crippen LogP contribution in [0.25, 0.3) is 0 Å². The maximum absolute atomic E-state index is 4.78. The van der Waals surface area contributed by atoms with Crippen LogP contribution in [0, 0.1) is 0 Å². The molecule has 1 aliphatic rings. The summed E-state index contributed by atoms with van der Waals surface area (Å²) in [5.74, 6) is 2.94. The Balaban J connectivity index is 1.72. The van der Waals surface area contributed by atoms with Crippen molar-refractivity contribution < 1.29 is 0 Å². The number of guanidine groups is 1. The van der Waals surface area contributed by atoms with Crippen LogP contribution in [0.4, 0.5) is 0 Å². The predicted molar refractivity (Wildman–Crippen MR) is 102 cm³/mol. The fourth-order valence-electron chi connectivity index (χ4n) is 3.14. The number of rotatable bonds is 5. The molecule has 0 aliphatic carbocycles. The van der Waals surface area contributed by atoms with E-state index in [-0.39, 0.29) is 0 Å². The number of hydrogen-bond acceptors (Lipinski definition) is 3. The Morgan fingerprint density at radius 3 is 2.96 bits per heavy atom. The van der Waals surface area contributed by atoms with Gasteiger partial charge in [0.2, 0.25) is 0 Å². The minimum Gasteiger partial charge on any atom is -0.357 e. The molecule has 0 amide bonds. The summed E-state index contributed by atoms with van der Waals surface area (Å²) in [6, 6.07) is 2.13. The number of aryl methyl sites for hydroxylation is 2. The summed E-state index contributed by atoms with van der Waals surface area (Å²) in [6.45, 7) is 5.26. The maximum Gasteiger partial charge on any atom is 0.194 e. The molecule has 7 nitrogen and oxygen atoms in total. The normalized spacial score (nSPS) is 14.5. The lowest BCUT2D eigenvalue weighted by molar-refractivity contribution is 0.460. The van der Waals surface area contributed by atoms with Gasteiger partial charge in [-0.25, -0.2) is 4.99 Å². The molecule has 0 atom stereocenters. The van der Waals surface area contributed by atoms with Crippen molar-refractivity contribution in [3.8, 4) is 0 Å². The van der Waals surface area contributed by atoms with Gasteiger partial charge in [-0.2, -0.15) is 0 Å². The minimum atomic E-state index is 0.552. The summed E-state index contributed by atoms with van der Waals surface area (Å²) in [7, 11) is 4.11. The van der Waals surface area contributed by atoms with Gasteiger partial charge in [0.1, 0.15) is 12.4 Å². The SMILES string of the molecule is CCNC(=NCc1nnc2n1CCCC2)N(C)Cc1cc(Br)cn1C. The molecule has 0 unspecified atom stereocenters. The third-order valence-electron chi connectivity index (χ3n) is 4.48. The fraction of sp³-hybridized carbons (Fsp3) is 0.588. The number of nitrogens with one attached hydrogen (secondary N) is 1. The lowest BCUT2D eigenvalue weighted by Crippen LogP contribution is -2.38. The third-order valence-corrected chi connectivity index (χ3v) is 4.91. The van der Waals surface area contributed by atoms with E-state index in [1.165, 1.54) is 18.5 Å². The number of aliphatic imine (C=N–C) groups is 1. The average molecular weight is 408 g/mol. The molecular formula is C17H26BrN7. The van der Waals surface area contributed by atoms with E-state index in [1.54, 1.807) is 0 Å². The molecule has 0 radical (unpaired) electrons. The minimum absolute atomic E-state index is 0.552. The van der Waals surface area contributed by atoms with Crippen molar-refractivity contribution in [2.24, 2.45) is 12.0 Å². The highest BCUT2D eigenvalue weighted by Gasteiger charge is 2.16. The van der Waals surface area contributed by atoms with Crippen molar-refractivity contribution in [3.63, 3.8) is 0 Å². The van der Waals surface area contributed by atoms with E-state index >= 15 is 0 Å². The van der Waals surface area contributed by atoms with Crippen LogP contribution in [0.15, 0.2) is 21.7 Å². The number of nitrogens with zero attached hydrogens (tertiary/aromatic N) is 6. The molecule has 8 heteroatoms. The van der Waals surface area contributed by atoms with Crippen LogP contribution >= 0.6 is 15.9 Å². The van der Waals surface area contributed by atoms with Gasteiger partial charge in [0.25, 0.3) is 0 Å². The van der Waals surface area contributed by atoms with Crippen LogP contribution in [-0.2, 0) is 33.1 Å². The first-order valence-corrected chi connectivity index (χ1v) is 9.59. The highest BCUT2D eigenvalue weighted by Crippen LogP contribution is 2.16. The average Bonchev–Trinajstić information content (AvgIpc) is 3.14. The first-order valence-electron chi connectivity index (χ1n) is 8.79. The van der Waals surface area contributed by atoms with Crippen molar-refractivity contribution in [2.75, 3.05) is 13.6 Å². The third kappa shape index (κ3) is 4.23. The fourth-order valence-corrected chi connectivity index (χ4v) is 3.71. The van der Waals surface area contributed by atoms with Crippen molar-refractivity contribution >= 4 is 21.9 Å². The van der Waals surface area contributed by atoms with Gasteiger partial charge in [-0.3, -0.25) is 0 Å². The summed E-state index contributed by atoms with van der Waals surface area (Å²) < 4.78 is 5.44. The highest BCUT2D eigenvalue weighted by molar-refractivity contribution is 9.10. The molecular weight excluding hydrogens is 382 g/mol. The molecule has 1 N–H and O–H groups in total. The zero-order chi connectivity index (χ0) is 17.8. The van der Waals surface area contributed by atoms with Gasteiger partial charge >= 0.3 is 0 Å². The summed E-state index contributed by atoms with van der Waals surface area (Å²) in [5, 5.41) is 12.0. The molecule has 1 aliphatic heterocycles. The molecule has 136 valence electrons. The van der Waals surface area contributed by atoms with Crippen molar-refractivity contribution in [2.45, 2.75) is 45.8 Å². The molecule has 0 saturated heterocycles. The monoisotopic (exact) mass is 407 g/mol. The zero-order valence-electron chi connectivity index (χ0n) is 15.2. The van der Waals surface area contributed by atoms with Gasteiger partial charge in [-0.05, 0) is 41.8 Å². The van der Waals surface area contributed by atoms with Gasteiger partial charge < -0.3 is 19.4 Å². The zero-order valence-corrected chi connectivity index (χ0v) is 16.8. The standard InChI is InChI=1S/C17H26BrN7/c1-4-19-17(24(3)12-14-9-13(18)11-23(14)2)20-10-16-22-21-15-7-5-6-8-25(15)16/h9,11H,4-8,10,12H2,1-3H3,(H,19,20). The molecule has 0 aromatic carbocycles. The highest BCUT2D eigenvalue weighted by atomic mass is 79.9. The molecule has 3 heterocycles. The second kappa shape index (κ2) is 8.03. The Hall–Kier alpha value is -1.83. The Labute approximate surface area is 157 Å². The second-order valence-corrected chi connectivity index (χ2v) is 7.34. The molecule has 0 bridgehead atoms. The molecule has 0 fully saturated rings. The van der Waals surface area contributed by atoms with E-state index in [0.29, 0.717) is 6.54 Å². The van der Waals surface area contributed by atoms with Crippen molar-refractivity contribution in [1.29, 1.82) is 0 Å². The van der Waals surface area contributed by atoms with Crippen molar-refractivity contribution in [1.82, 2.24) is 29.5 Å². The number of fused-ring (bicyclic) bond motifs is 1. The topological polar surface area (TPSA) is 63.3 Å². The van der Waals surface area contributed by atoms with Crippen LogP contribution in [-0.4, -0.2) is 43.8 Å². The maximum atomic E-state index is 4.78. The Bertz CT molecular complexity index is 746. The number of hydrogen-bond donors (Lipinski definition) is 1. The van der Waals surface area contributed by atoms with E-state index in [4.69, 9.17) is 4.99 Å². The van der Waals surface area contributed by atoms with Crippen LogP contribution < -0.4 is 5.32 Å². The first-order chi connectivity index (χ1) is 12.1. The molecule has 0 spiro atoms. The van der Waals surface area contributed by atoms with Crippen LogP contribution in [0.3, 0.4) is 0 Å². The van der Waals surface area contributed by atoms with Gasteiger partial charge in [-0.15, -0.1) is 10.2 Å². The summed E-state index contributed by atoms with van der Waals surface area (Å²) in [5.41, 5.74) is 1.22. The smallest absolute Gasteiger partial charge is 0.194 e.